The largest absolute Gasteiger partial charge is 0.489 e. The summed E-state index contributed by atoms with van der Waals surface area (Å²) >= 11 is 0. The van der Waals surface area contributed by atoms with Crippen LogP contribution in [0.15, 0.2) is 28.8 Å². The van der Waals surface area contributed by atoms with Crippen molar-refractivity contribution in [2.24, 2.45) is 0 Å². The Morgan fingerprint density at radius 3 is 2.69 bits per heavy atom. The Balaban J connectivity index is 0.00000243. The van der Waals surface area contributed by atoms with E-state index in [1.807, 2.05) is 43.0 Å². The van der Waals surface area contributed by atoms with Gasteiger partial charge in [0.2, 0.25) is 5.91 Å². The summed E-state index contributed by atoms with van der Waals surface area (Å²) in [6.45, 7) is 7.71. The summed E-state index contributed by atoms with van der Waals surface area (Å²) in [6, 6.07) is 7.73. The van der Waals surface area contributed by atoms with E-state index in [-0.39, 0.29) is 18.3 Å². The summed E-state index contributed by atoms with van der Waals surface area (Å²) in [6.07, 6.45) is 1.45. The first-order valence-electron chi connectivity index (χ1n) is 8.75. The van der Waals surface area contributed by atoms with Gasteiger partial charge in [-0.15, -0.1) is 12.4 Å². The molecule has 0 saturated carbocycles. The fourth-order valence-electron chi connectivity index (χ4n) is 2.95. The molecule has 0 bridgehead atoms. The molecule has 1 fully saturated rings. The van der Waals surface area contributed by atoms with Crippen molar-refractivity contribution in [3.05, 3.63) is 46.8 Å². The van der Waals surface area contributed by atoms with Crippen molar-refractivity contribution in [1.82, 2.24) is 15.4 Å². The number of amides is 1. The molecule has 6 nitrogen and oxygen atoms in total. The first-order valence-corrected chi connectivity index (χ1v) is 8.75. The smallest absolute Gasteiger partial charge is 0.227 e. The quantitative estimate of drug-likeness (QED) is 0.865. The molecule has 0 radical (unpaired) electrons. The number of rotatable bonds is 5. The van der Waals surface area contributed by atoms with Crippen LogP contribution in [0.5, 0.6) is 5.75 Å². The van der Waals surface area contributed by atoms with Crippen molar-refractivity contribution < 1.29 is 14.1 Å². The van der Waals surface area contributed by atoms with Crippen LogP contribution in [-0.2, 0) is 17.8 Å². The van der Waals surface area contributed by atoms with Crippen LogP contribution in [0.4, 0.5) is 0 Å². The molecule has 1 aliphatic heterocycles. The number of carbonyl (C=O) groups is 1. The topological polar surface area (TPSA) is 67.6 Å². The molecule has 2 aromatic rings. The van der Waals surface area contributed by atoms with Gasteiger partial charge in [0.05, 0.1) is 17.7 Å². The minimum atomic E-state index is 0. The van der Waals surface area contributed by atoms with Crippen LogP contribution in [0.3, 0.4) is 0 Å². The average Bonchev–Trinajstić information content (AvgIpc) is 2.83. The number of ether oxygens (including phenoxy) is 1. The third kappa shape index (κ3) is 5.22. The Morgan fingerprint density at radius 1 is 1.23 bits per heavy atom. The SMILES string of the molecule is Cc1noc(C)c1COc1ccc(CC(=O)N2CCCNCC2)cc1.Cl. The molecular formula is C19H26ClN3O3. The van der Waals surface area contributed by atoms with E-state index in [0.29, 0.717) is 13.0 Å². The van der Waals surface area contributed by atoms with E-state index in [0.717, 1.165) is 60.9 Å². The number of hydrogen-bond acceptors (Lipinski definition) is 5. The predicted octanol–water partition coefficient (Wildman–Crippen LogP) is 2.66. The maximum atomic E-state index is 12.4. The highest BCUT2D eigenvalue weighted by atomic mass is 35.5. The van der Waals surface area contributed by atoms with Gasteiger partial charge in [-0.05, 0) is 44.5 Å². The van der Waals surface area contributed by atoms with Gasteiger partial charge < -0.3 is 19.5 Å². The van der Waals surface area contributed by atoms with Gasteiger partial charge in [0.25, 0.3) is 0 Å². The van der Waals surface area contributed by atoms with Crippen molar-refractivity contribution >= 4 is 18.3 Å². The van der Waals surface area contributed by atoms with Crippen LogP contribution in [0.25, 0.3) is 0 Å². The molecule has 2 heterocycles. The monoisotopic (exact) mass is 379 g/mol. The van der Waals surface area contributed by atoms with Crippen LogP contribution in [0, 0.1) is 13.8 Å². The molecule has 1 aromatic heterocycles. The van der Waals surface area contributed by atoms with E-state index in [4.69, 9.17) is 9.26 Å². The lowest BCUT2D eigenvalue weighted by Crippen LogP contribution is -2.35. The molecule has 0 atom stereocenters. The number of carbonyl (C=O) groups excluding carboxylic acids is 1. The van der Waals surface area contributed by atoms with E-state index in [1.165, 1.54) is 0 Å². The van der Waals surface area contributed by atoms with Gasteiger partial charge in [0, 0.05) is 19.6 Å². The zero-order valence-electron chi connectivity index (χ0n) is 15.3. The van der Waals surface area contributed by atoms with Crippen molar-refractivity contribution in [3.8, 4) is 5.75 Å². The molecule has 3 rings (SSSR count). The molecular weight excluding hydrogens is 354 g/mol. The molecule has 1 amide bonds. The van der Waals surface area contributed by atoms with Crippen LogP contribution in [0.2, 0.25) is 0 Å². The number of benzene rings is 1. The molecule has 1 aromatic carbocycles. The Kier molecular flexibility index (Phi) is 7.48. The maximum Gasteiger partial charge on any atom is 0.227 e. The lowest BCUT2D eigenvalue weighted by molar-refractivity contribution is -0.130. The Hall–Kier alpha value is -2.05. The number of nitrogens with one attached hydrogen (secondary N) is 1. The van der Waals surface area contributed by atoms with E-state index in [1.54, 1.807) is 0 Å². The fraction of sp³-hybridized carbons (Fsp3) is 0.474. The minimum absolute atomic E-state index is 0. The zero-order valence-corrected chi connectivity index (χ0v) is 16.1. The molecule has 1 aliphatic rings. The van der Waals surface area contributed by atoms with Gasteiger partial charge in [-0.3, -0.25) is 4.79 Å². The maximum absolute atomic E-state index is 12.4. The molecule has 0 unspecified atom stereocenters. The number of halogens is 1. The van der Waals surface area contributed by atoms with Crippen molar-refractivity contribution in [2.45, 2.75) is 33.3 Å². The summed E-state index contributed by atoms with van der Waals surface area (Å²) in [5.41, 5.74) is 2.84. The highest BCUT2D eigenvalue weighted by Crippen LogP contribution is 2.18. The Bertz CT molecular complexity index is 688. The van der Waals surface area contributed by atoms with Gasteiger partial charge in [0.1, 0.15) is 18.1 Å². The van der Waals surface area contributed by atoms with Gasteiger partial charge in [-0.1, -0.05) is 17.3 Å². The second-order valence-corrected chi connectivity index (χ2v) is 6.40. The number of aryl methyl sites for hydroxylation is 2. The molecule has 1 N–H and O–H groups in total. The van der Waals surface area contributed by atoms with E-state index in [9.17, 15) is 4.79 Å². The molecule has 142 valence electrons. The van der Waals surface area contributed by atoms with Crippen molar-refractivity contribution in [3.63, 3.8) is 0 Å². The Labute approximate surface area is 160 Å². The summed E-state index contributed by atoms with van der Waals surface area (Å²) in [5.74, 6) is 1.75. The average molecular weight is 380 g/mol. The molecule has 1 saturated heterocycles. The first kappa shape index (κ1) is 20.3. The van der Waals surface area contributed by atoms with E-state index < -0.39 is 0 Å². The predicted molar refractivity (Wildman–Crippen MR) is 102 cm³/mol. The first-order chi connectivity index (χ1) is 12.1. The minimum Gasteiger partial charge on any atom is -0.489 e. The van der Waals surface area contributed by atoms with Crippen molar-refractivity contribution in [2.75, 3.05) is 26.2 Å². The molecule has 0 aliphatic carbocycles. The van der Waals surface area contributed by atoms with E-state index in [2.05, 4.69) is 10.5 Å². The lowest BCUT2D eigenvalue weighted by Gasteiger charge is -2.20. The van der Waals surface area contributed by atoms with Gasteiger partial charge in [-0.2, -0.15) is 0 Å². The number of hydrogen-bond donors (Lipinski definition) is 1. The van der Waals surface area contributed by atoms with Gasteiger partial charge >= 0.3 is 0 Å². The zero-order chi connectivity index (χ0) is 17.6. The van der Waals surface area contributed by atoms with Crippen LogP contribution < -0.4 is 10.1 Å². The summed E-state index contributed by atoms with van der Waals surface area (Å²) in [4.78, 5) is 14.4. The standard InChI is InChI=1S/C19H25N3O3.ClH/c1-14-18(15(2)25-21-14)13-24-17-6-4-16(5-7-17)12-19(23)22-10-3-8-20-9-11-22;/h4-7,20H,3,8-13H2,1-2H3;1H. The Morgan fingerprint density at radius 2 is 2.00 bits per heavy atom. The number of nitrogens with zero attached hydrogens (tertiary/aromatic N) is 2. The summed E-state index contributed by atoms with van der Waals surface area (Å²) < 4.78 is 10.9. The lowest BCUT2D eigenvalue weighted by atomic mass is 10.1. The molecule has 26 heavy (non-hydrogen) atoms. The molecule has 7 heteroatoms. The third-order valence-corrected chi connectivity index (χ3v) is 4.54. The second kappa shape index (κ2) is 9.59. The van der Waals surface area contributed by atoms with Crippen LogP contribution in [0.1, 0.15) is 29.0 Å². The van der Waals surface area contributed by atoms with Crippen LogP contribution in [-0.4, -0.2) is 42.1 Å². The fourth-order valence-corrected chi connectivity index (χ4v) is 2.95. The van der Waals surface area contributed by atoms with Gasteiger partial charge in [-0.25, -0.2) is 0 Å². The van der Waals surface area contributed by atoms with Crippen molar-refractivity contribution in [1.29, 1.82) is 0 Å². The summed E-state index contributed by atoms with van der Waals surface area (Å²) in [7, 11) is 0. The van der Waals surface area contributed by atoms with Crippen LogP contribution >= 0.6 is 12.4 Å². The second-order valence-electron chi connectivity index (χ2n) is 6.40. The summed E-state index contributed by atoms with van der Waals surface area (Å²) in [5, 5.41) is 7.24. The highest BCUT2D eigenvalue weighted by Gasteiger charge is 2.15. The normalized spacial score (nSPS) is 14.5. The number of aromatic nitrogens is 1. The highest BCUT2D eigenvalue weighted by molar-refractivity contribution is 5.85. The van der Waals surface area contributed by atoms with E-state index >= 15 is 0 Å². The third-order valence-electron chi connectivity index (χ3n) is 4.54. The van der Waals surface area contributed by atoms with Gasteiger partial charge in [0.15, 0.2) is 0 Å². The molecule has 0 spiro atoms.